The molecule has 1 aromatic rings. The van der Waals surface area contributed by atoms with E-state index in [9.17, 15) is 0 Å². The lowest BCUT2D eigenvalue weighted by Gasteiger charge is -2.22. The second-order valence-corrected chi connectivity index (χ2v) is 7.35. The summed E-state index contributed by atoms with van der Waals surface area (Å²) in [5.74, 6) is 0. The Bertz CT molecular complexity index is 378. The van der Waals surface area contributed by atoms with Gasteiger partial charge in [-0.05, 0) is 30.9 Å². The van der Waals surface area contributed by atoms with Crippen LogP contribution in [0.2, 0.25) is 0 Å². The van der Waals surface area contributed by atoms with Gasteiger partial charge in [-0.3, -0.25) is 4.90 Å². The molecule has 0 aliphatic carbocycles. The van der Waals surface area contributed by atoms with E-state index in [2.05, 4.69) is 44.7 Å². The molecule has 0 spiro atoms. The van der Waals surface area contributed by atoms with Crippen LogP contribution < -0.4 is 5.73 Å². The molecule has 2 nitrogen and oxygen atoms in total. The molecule has 0 aromatic carbocycles. The van der Waals surface area contributed by atoms with Gasteiger partial charge in [0, 0.05) is 34.9 Å². The Hall–Kier alpha value is -0.380. The molecule has 3 heteroatoms. The molecular formula is C14H24N2S. The van der Waals surface area contributed by atoms with Crippen molar-refractivity contribution in [3.63, 3.8) is 0 Å². The van der Waals surface area contributed by atoms with E-state index in [-0.39, 0.29) is 5.41 Å². The Morgan fingerprint density at radius 1 is 1.41 bits per heavy atom. The summed E-state index contributed by atoms with van der Waals surface area (Å²) in [5.41, 5.74) is 6.33. The van der Waals surface area contributed by atoms with Crippen LogP contribution >= 0.6 is 11.3 Å². The third-order valence-corrected chi connectivity index (χ3v) is 5.20. The van der Waals surface area contributed by atoms with Crippen LogP contribution in [0.1, 0.15) is 43.9 Å². The molecule has 17 heavy (non-hydrogen) atoms. The summed E-state index contributed by atoms with van der Waals surface area (Å²) >= 11 is 1.95. The Morgan fingerprint density at radius 3 is 2.59 bits per heavy atom. The van der Waals surface area contributed by atoms with Crippen LogP contribution in [-0.4, -0.2) is 23.5 Å². The molecule has 2 unspecified atom stereocenters. The summed E-state index contributed by atoms with van der Waals surface area (Å²) in [6, 6.07) is 5.44. The normalized spacial score (nSPS) is 26.6. The van der Waals surface area contributed by atoms with Gasteiger partial charge < -0.3 is 5.73 Å². The van der Waals surface area contributed by atoms with Gasteiger partial charge in [0.25, 0.3) is 0 Å². The highest BCUT2D eigenvalue weighted by Crippen LogP contribution is 2.31. The molecular weight excluding hydrogens is 228 g/mol. The molecule has 1 aromatic heterocycles. The van der Waals surface area contributed by atoms with Crippen molar-refractivity contribution in [2.75, 3.05) is 6.54 Å². The van der Waals surface area contributed by atoms with Crippen LogP contribution in [0.4, 0.5) is 0 Å². The van der Waals surface area contributed by atoms with E-state index >= 15 is 0 Å². The second kappa shape index (κ2) is 4.71. The fraction of sp³-hybridized carbons (Fsp3) is 0.714. The van der Waals surface area contributed by atoms with Crippen LogP contribution in [0.5, 0.6) is 0 Å². The second-order valence-electron chi connectivity index (χ2n) is 6.18. The number of nitrogens with two attached hydrogens (primary N) is 1. The molecule has 1 fully saturated rings. The number of hydrogen-bond acceptors (Lipinski definition) is 3. The molecule has 2 heterocycles. The largest absolute Gasteiger partial charge is 0.326 e. The molecule has 2 atom stereocenters. The van der Waals surface area contributed by atoms with Crippen LogP contribution in [0.15, 0.2) is 12.1 Å². The SMILES string of the molecule is CC1C(N)CCN1Cc1ccc(C(C)(C)C)s1. The number of nitrogens with zero attached hydrogens (tertiary/aromatic N) is 1. The van der Waals surface area contributed by atoms with Crippen molar-refractivity contribution < 1.29 is 0 Å². The first-order chi connectivity index (χ1) is 7.88. The van der Waals surface area contributed by atoms with Crippen molar-refractivity contribution in [2.24, 2.45) is 5.73 Å². The molecule has 0 saturated carbocycles. The third-order valence-electron chi connectivity index (χ3n) is 3.71. The van der Waals surface area contributed by atoms with E-state index in [0.29, 0.717) is 12.1 Å². The van der Waals surface area contributed by atoms with Gasteiger partial charge in [0.05, 0.1) is 0 Å². The van der Waals surface area contributed by atoms with Crippen molar-refractivity contribution in [2.45, 2.75) is 58.2 Å². The molecule has 1 saturated heterocycles. The van der Waals surface area contributed by atoms with Gasteiger partial charge >= 0.3 is 0 Å². The highest BCUT2D eigenvalue weighted by Gasteiger charge is 2.28. The quantitative estimate of drug-likeness (QED) is 0.877. The topological polar surface area (TPSA) is 29.3 Å². The zero-order valence-electron chi connectivity index (χ0n) is 11.4. The molecule has 1 aliphatic heterocycles. The third kappa shape index (κ3) is 2.90. The first kappa shape index (κ1) is 13.1. The predicted molar refractivity (Wildman–Crippen MR) is 75.5 cm³/mol. The van der Waals surface area contributed by atoms with E-state index in [1.165, 1.54) is 9.75 Å². The lowest BCUT2D eigenvalue weighted by atomic mass is 9.95. The van der Waals surface area contributed by atoms with E-state index < -0.39 is 0 Å². The summed E-state index contributed by atoms with van der Waals surface area (Å²) in [7, 11) is 0. The van der Waals surface area contributed by atoms with Gasteiger partial charge in [0.15, 0.2) is 0 Å². The van der Waals surface area contributed by atoms with Crippen molar-refractivity contribution >= 4 is 11.3 Å². The molecule has 2 rings (SSSR count). The van der Waals surface area contributed by atoms with E-state index in [0.717, 1.165) is 19.5 Å². The van der Waals surface area contributed by atoms with E-state index in [1.54, 1.807) is 0 Å². The Morgan fingerprint density at radius 2 is 2.12 bits per heavy atom. The average molecular weight is 252 g/mol. The fourth-order valence-electron chi connectivity index (χ4n) is 2.32. The first-order valence-electron chi connectivity index (χ1n) is 6.47. The summed E-state index contributed by atoms with van der Waals surface area (Å²) in [6.45, 7) is 11.3. The average Bonchev–Trinajstić information content (AvgIpc) is 2.80. The summed E-state index contributed by atoms with van der Waals surface area (Å²) < 4.78 is 0. The van der Waals surface area contributed by atoms with Crippen molar-refractivity contribution in [1.82, 2.24) is 4.90 Å². The number of rotatable bonds is 2. The van der Waals surface area contributed by atoms with Crippen LogP contribution in [0, 0.1) is 0 Å². The summed E-state index contributed by atoms with van der Waals surface area (Å²) in [5, 5.41) is 0. The van der Waals surface area contributed by atoms with Gasteiger partial charge in [0.2, 0.25) is 0 Å². The van der Waals surface area contributed by atoms with Gasteiger partial charge in [-0.25, -0.2) is 0 Å². The van der Waals surface area contributed by atoms with Crippen LogP contribution in [-0.2, 0) is 12.0 Å². The smallest absolute Gasteiger partial charge is 0.0331 e. The number of hydrogen-bond donors (Lipinski definition) is 1. The predicted octanol–water partition coefficient (Wildman–Crippen LogP) is 2.97. The number of likely N-dealkylation sites (tertiary alicyclic amines) is 1. The van der Waals surface area contributed by atoms with Crippen LogP contribution in [0.25, 0.3) is 0 Å². The first-order valence-corrected chi connectivity index (χ1v) is 7.28. The monoisotopic (exact) mass is 252 g/mol. The molecule has 2 N–H and O–H groups in total. The van der Waals surface area contributed by atoms with Crippen LogP contribution in [0.3, 0.4) is 0 Å². The molecule has 0 radical (unpaired) electrons. The maximum Gasteiger partial charge on any atom is 0.0331 e. The Kier molecular flexibility index (Phi) is 3.62. The Balaban J connectivity index is 2.03. The summed E-state index contributed by atoms with van der Waals surface area (Å²) in [6.07, 6.45) is 1.14. The minimum absolute atomic E-state index is 0.274. The zero-order chi connectivity index (χ0) is 12.6. The van der Waals surface area contributed by atoms with Crippen molar-refractivity contribution in [3.8, 4) is 0 Å². The molecule has 1 aliphatic rings. The van der Waals surface area contributed by atoms with Gasteiger partial charge in [-0.2, -0.15) is 0 Å². The van der Waals surface area contributed by atoms with E-state index in [4.69, 9.17) is 5.73 Å². The lowest BCUT2D eigenvalue weighted by molar-refractivity contribution is 0.254. The minimum atomic E-state index is 0.274. The van der Waals surface area contributed by atoms with E-state index in [1.807, 2.05) is 11.3 Å². The maximum absolute atomic E-state index is 6.06. The van der Waals surface area contributed by atoms with Gasteiger partial charge in [0.1, 0.15) is 0 Å². The van der Waals surface area contributed by atoms with Crippen molar-refractivity contribution in [1.29, 1.82) is 0 Å². The maximum atomic E-state index is 6.06. The van der Waals surface area contributed by atoms with Gasteiger partial charge in [-0.1, -0.05) is 20.8 Å². The number of thiophene rings is 1. The van der Waals surface area contributed by atoms with Gasteiger partial charge in [-0.15, -0.1) is 11.3 Å². The summed E-state index contributed by atoms with van der Waals surface area (Å²) in [4.78, 5) is 5.45. The lowest BCUT2D eigenvalue weighted by Crippen LogP contribution is -2.36. The standard InChI is InChI=1S/C14H24N2S/c1-10-12(15)7-8-16(10)9-11-5-6-13(17-11)14(2,3)4/h5-6,10,12H,7-9,15H2,1-4H3. The molecule has 0 amide bonds. The van der Waals surface area contributed by atoms with Crippen molar-refractivity contribution in [3.05, 3.63) is 21.9 Å². The minimum Gasteiger partial charge on any atom is -0.326 e. The zero-order valence-corrected chi connectivity index (χ0v) is 12.2. The fourth-order valence-corrected chi connectivity index (χ4v) is 3.41. The highest BCUT2D eigenvalue weighted by molar-refractivity contribution is 7.12. The molecule has 0 bridgehead atoms. The highest BCUT2D eigenvalue weighted by atomic mass is 32.1. The molecule has 96 valence electrons. The Labute approximate surface area is 109 Å².